The van der Waals surface area contributed by atoms with Crippen LogP contribution in [0.2, 0.25) is 0 Å². The number of rotatable bonds is 4. The molecule has 2 heterocycles. The zero-order chi connectivity index (χ0) is 15.8. The van der Waals surface area contributed by atoms with Crippen LogP contribution in [0, 0.1) is 0 Å². The number of nitrogens with zero attached hydrogens (tertiary/aromatic N) is 3. The molecule has 0 atom stereocenters. The molecular weight excluding hydrogens is 292 g/mol. The van der Waals surface area contributed by atoms with Crippen molar-refractivity contribution < 1.29 is 13.2 Å². The van der Waals surface area contributed by atoms with Gasteiger partial charge in [0.25, 0.3) is 5.91 Å². The molecule has 0 aromatic carbocycles. The summed E-state index contributed by atoms with van der Waals surface area (Å²) in [6.07, 6.45) is 1.43. The molecule has 8 heteroatoms. The lowest BCUT2D eigenvalue weighted by atomic mass is 10.3. The quantitative estimate of drug-likeness (QED) is 0.836. The van der Waals surface area contributed by atoms with Crippen molar-refractivity contribution in [2.75, 3.05) is 26.2 Å². The molecule has 1 amide bonds. The van der Waals surface area contributed by atoms with Gasteiger partial charge >= 0.3 is 0 Å². The van der Waals surface area contributed by atoms with Crippen LogP contribution in [0.4, 0.5) is 0 Å². The molecule has 1 aliphatic heterocycles. The van der Waals surface area contributed by atoms with Gasteiger partial charge in [0, 0.05) is 45.5 Å². The van der Waals surface area contributed by atoms with E-state index in [-0.39, 0.29) is 10.6 Å². The Bertz CT molecular complexity index is 628. The van der Waals surface area contributed by atoms with E-state index in [1.807, 2.05) is 0 Å². The van der Waals surface area contributed by atoms with Crippen LogP contribution < -0.4 is 5.73 Å². The van der Waals surface area contributed by atoms with Gasteiger partial charge in [-0.15, -0.1) is 0 Å². The topological polar surface area (TPSA) is 88.6 Å². The van der Waals surface area contributed by atoms with Crippen LogP contribution in [-0.4, -0.2) is 60.3 Å². The summed E-state index contributed by atoms with van der Waals surface area (Å²) in [5.41, 5.74) is 5.42. The number of aromatic nitrogens is 1. The fraction of sp³-hybridized carbons (Fsp3) is 0.615. The van der Waals surface area contributed by atoms with Crippen LogP contribution in [0.3, 0.4) is 0 Å². The van der Waals surface area contributed by atoms with Gasteiger partial charge in [0.15, 0.2) is 0 Å². The average Bonchev–Trinajstić information content (AvgIpc) is 2.82. The van der Waals surface area contributed by atoms with Crippen molar-refractivity contribution in [3.63, 3.8) is 0 Å². The van der Waals surface area contributed by atoms with E-state index in [4.69, 9.17) is 5.73 Å². The maximum absolute atomic E-state index is 12.6. The minimum atomic E-state index is -3.57. The van der Waals surface area contributed by atoms with Gasteiger partial charge in [-0.3, -0.25) is 9.69 Å². The number of aryl methyl sites for hydroxylation is 1. The maximum atomic E-state index is 12.6. The lowest BCUT2D eigenvalue weighted by Crippen LogP contribution is -2.50. The van der Waals surface area contributed by atoms with E-state index in [2.05, 4.69) is 18.7 Å². The number of primary amides is 1. The summed E-state index contributed by atoms with van der Waals surface area (Å²) in [6, 6.07) is 1.75. The molecule has 0 aliphatic carbocycles. The van der Waals surface area contributed by atoms with Gasteiger partial charge in [0.1, 0.15) is 10.6 Å². The monoisotopic (exact) mass is 314 g/mol. The minimum Gasteiger partial charge on any atom is -0.364 e. The third-order valence-electron chi connectivity index (χ3n) is 3.87. The Balaban J connectivity index is 2.20. The molecule has 0 saturated carbocycles. The number of amides is 1. The SMILES string of the molecule is CC(C)N1CCN(S(=O)(=O)c2cc(C(N)=O)n(C)c2)CC1. The van der Waals surface area contributed by atoms with E-state index in [0.29, 0.717) is 32.2 Å². The largest absolute Gasteiger partial charge is 0.364 e. The van der Waals surface area contributed by atoms with E-state index in [9.17, 15) is 13.2 Å². The number of piperazine rings is 1. The molecule has 0 radical (unpaired) electrons. The van der Waals surface area contributed by atoms with E-state index in [0.717, 1.165) is 0 Å². The van der Waals surface area contributed by atoms with Gasteiger partial charge in [-0.05, 0) is 19.9 Å². The Labute approximate surface area is 125 Å². The molecule has 7 nitrogen and oxygen atoms in total. The molecule has 0 unspecified atom stereocenters. The highest BCUT2D eigenvalue weighted by molar-refractivity contribution is 7.89. The highest BCUT2D eigenvalue weighted by Crippen LogP contribution is 2.20. The Kier molecular flexibility index (Phi) is 4.40. The lowest BCUT2D eigenvalue weighted by molar-refractivity contribution is 0.0992. The van der Waals surface area contributed by atoms with Crippen LogP contribution in [0.1, 0.15) is 24.3 Å². The second kappa shape index (κ2) is 5.78. The molecule has 118 valence electrons. The van der Waals surface area contributed by atoms with E-state index >= 15 is 0 Å². The number of carbonyl (C=O) groups is 1. The fourth-order valence-electron chi connectivity index (χ4n) is 2.53. The normalized spacial score (nSPS) is 18.3. The summed E-state index contributed by atoms with van der Waals surface area (Å²) in [5, 5.41) is 0. The summed E-state index contributed by atoms with van der Waals surface area (Å²) >= 11 is 0. The molecule has 1 saturated heterocycles. The molecule has 2 N–H and O–H groups in total. The van der Waals surface area contributed by atoms with Crippen LogP contribution in [-0.2, 0) is 17.1 Å². The zero-order valence-electron chi connectivity index (χ0n) is 12.6. The van der Waals surface area contributed by atoms with Crippen molar-refractivity contribution in [3.8, 4) is 0 Å². The summed E-state index contributed by atoms with van der Waals surface area (Å²) in [4.78, 5) is 13.6. The first-order valence-electron chi connectivity index (χ1n) is 6.94. The van der Waals surface area contributed by atoms with Gasteiger partial charge < -0.3 is 10.3 Å². The Hall–Kier alpha value is -1.38. The molecular formula is C13H22N4O3S. The van der Waals surface area contributed by atoms with Gasteiger partial charge in [0.2, 0.25) is 10.0 Å². The van der Waals surface area contributed by atoms with Crippen LogP contribution >= 0.6 is 0 Å². The van der Waals surface area contributed by atoms with Crippen molar-refractivity contribution in [3.05, 3.63) is 18.0 Å². The summed E-state index contributed by atoms with van der Waals surface area (Å²) in [7, 11) is -1.96. The Morgan fingerprint density at radius 2 is 1.81 bits per heavy atom. The average molecular weight is 314 g/mol. The van der Waals surface area contributed by atoms with Crippen molar-refractivity contribution in [1.29, 1.82) is 0 Å². The van der Waals surface area contributed by atoms with E-state index in [1.165, 1.54) is 21.1 Å². The van der Waals surface area contributed by atoms with Crippen molar-refractivity contribution in [1.82, 2.24) is 13.8 Å². The van der Waals surface area contributed by atoms with Crippen LogP contribution in [0.15, 0.2) is 17.2 Å². The molecule has 1 aromatic heterocycles. The highest BCUT2D eigenvalue weighted by Gasteiger charge is 2.30. The smallest absolute Gasteiger partial charge is 0.265 e. The van der Waals surface area contributed by atoms with Gasteiger partial charge in [-0.2, -0.15) is 4.31 Å². The van der Waals surface area contributed by atoms with Crippen molar-refractivity contribution in [2.45, 2.75) is 24.8 Å². The van der Waals surface area contributed by atoms with Gasteiger partial charge in [-0.1, -0.05) is 0 Å². The van der Waals surface area contributed by atoms with Crippen molar-refractivity contribution in [2.24, 2.45) is 12.8 Å². The second-order valence-electron chi connectivity index (χ2n) is 5.57. The predicted molar refractivity (Wildman–Crippen MR) is 79.4 cm³/mol. The summed E-state index contributed by atoms with van der Waals surface area (Å²) < 4.78 is 28.1. The predicted octanol–water partition coefficient (Wildman–Crippen LogP) is -0.161. The van der Waals surface area contributed by atoms with E-state index < -0.39 is 15.9 Å². The van der Waals surface area contributed by atoms with E-state index in [1.54, 1.807) is 7.05 Å². The fourth-order valence-corrected chi connectivity index (χ4v) is 4.02. The molecule has 21 heavy (non-hydrogen) atoms. The first-order chi connectivity index (χ1) is 9.73. The maximum Gasteiger partial charge on any atom is 0.265 e. The first kappa shape index (κ1) is 16.0. The standard InChI is InChI=1S/C13H22N4O3S/c1-10(2)16-4-6-17(7-5-16)21(19,20)11-8-12(13(14)18)15(3)9-11/h8-10H,4-7H2,1-3H3,(H2,14,18). The second-order valence-corrected chi connectivity index (χ2v) is 7.51. The van der Waals surface area contributed by atoms with Crippen LogP contribution in [0.25, 0.3) is 0 Å². The molecule has 2 rings (SSSR count). The lowest BCUT2D eigenvalue weighted by Gasteiger charge is -2.36. The van der Waals surface area contributed by atoms with Crippen molar-refractivity contribution >= 4 is 15.9 Å². The first-order valence-corrected chi connectivity index (χ1v) is 8.38. The highest BCUT2D eigenvalue weighted by atomic mass is 32.2. The molecule has 1 aliphatic rings. The van der Waals surface area contributed by atoms with Gasteiger partial charge in [0.05, 0.1) is 0 Å². The third-order valence-corrected chi connectivity index (χ3v) is 5.74. The Morgan fingerprint density at radius 3 is 2.24 bits per heavy atom. The zero-order valence-corrected chi connectivity index (χ0v) is 13.4. The molecule has 0 spiro atoms. The number of hydrogen-bond acceptors (Lipinski definition) is 4. The van der Waals surface area contributed by atoms with Crippen LogP contribution in [0.5, 0.6) is 0 Å². The minimum absolute atomic E-state index is 0.122. The number of nitrogens with two attached hydrogens (primary N) is 1. The third kappa shape index (κ3) is 3.12. The molecule has 1 fully saturated rings. The molecule has 1 aromatic rings. The summed E-state index contributed by atoms with van der Waals surface area (Å²) in [6.45, 7) is 6.54. The molecule has 0 bridgehead atoms. The number of carbonyl (C=O) groups excluding carboxylic acids is 1. The number of sulfonamides is 1. The Morgan fingerprint density at radius 1 is 1.24 bits per heavy atom. The number of hydrogen-bond donors (Lipinski definition) is 1. The van der Waals surface area contributed by atoms with Gasteiger partial charge in [-0.25, -0.2) is 8.42 Å². The summed E-state index contributed by atoms with van der Waals surface area (Å²) in [5.74, 6) is -0.636.